The average Bonchev–Trinajstić information content (AvgIpc) is 2.56. The van der Waals surface area contributed by atoms with Crippen molar-refractivity contribution < 1.29 is 9.53 Å². The predicted molar refractivity (Wildman–Crippen MR) is 98.6 cm³/mol. The van der Waals surface area contributed by atoms with Crippen LogP contribution >= 0.6 is 23.4 Å². The highest BCUT2D eigenvalue weighted by molar-refractivity contribution is 7.99. The van der Waals surface area contributed by atoms with Crippen LogP contribution in [-0.2, 0) is 4.79 Å². The van der Waals surface area contributed by atoms with Gasteiger partial charge in [-0.15, -0.1) is 0 Å². The van der Waals surface area contributed by atoms with E-state index in [0.717, 1.165) is 5.75 Å². The van der Waals surface area contributed by atoms with Gasteiger partial charge in [0.25, 0.3) is 0 Å². The normalized spacial score (nSPS) is 11.8. The Morgan fingerprint density at radius 3 is 2.70 bits per heavy atom. The van der Waals surface area contributed by atoms with Crippen molar-refractivity contribution in [1.82, 2.24) is 0 Å². The van der Waals surface area contributed by atoms with E-state index in [0.29, 0.717) is 28.1 Å². The number of thioether (sulfide) groups is 1. The molecular formula is C18H20ClNO2S. The number of amides is 1. The zero-order chi connectivity index (χ0) is 16.7. The average molecular weight is 350 g/mol. The molecule has 0 aliphatic rings. The number of methoxy groups -OCH3 is 1. The number of halogens is 1. The second kappa shape index (κ2) is 8.85. The molecular weight excluding hydrogens is 330 g/mol. The summed E-state index contributed by atoms with van der Waals surface area (Å²) in [4.78, 5) is 12.1. The van der Waals surface area contributed by atoms with Crippen LogP contribution in [0.3, 0.4) is 0 Å². The molecule has 1 amide bonds. The van der Waals surface area contributed by atoms with Crippen molar-refractivity contribution in [1.29, 1.82) is 0 Å². The molecule has 0 radical (unpaired) electrons. The lowest BCUT2D eigenvalue weighted by Gasteiger charge is -2.12. The number of hydrogen-bond acceptors (Lipinski definition) is 3. The SMILES string of the molecule is COc1ccc(Cl)cc1NC(=O)CCSC(C)c1ccccc1. The maximum absolute atomic E-state index is 12.1. The summed E-state index contributed by atoms with van der Waals surface area (Å²) >= 11 is 7.72. The lowest BCUT2D eigenvalue weighted by atomic mass is 10.2. The molecule has 0 aliphatic heterocycles. The van der Waals surface area contributed by atoms with Crippen molar-refractivity contribution >= 4 is 35.0 Å². The minimum atomic E-state index is -0.0432. The van der Waals surface area contributed by atoms with Gasteiger partial charge < -0.3 is 10.1 Å². The fraction of sp³-hybridized carbons (Fsp3) is 0.278. The van der Waals surface area contributed by atoms with Gasteiger partial charge in [0.2, 0.25) is 5.91 Å². The Bertz CT molecular complexity index is 649. The lowest BCUT2D eigenvalue weighted by Crippen LogP contribution is -2.13. The smallest absolute Gasteiger partial charge is 0.225 e. The maximum atomic E-state index is 12.1. The van der Waals surface area contributed by atoms with Crippen LogP contribution in [-0.4, -0.2) is 18.8 Å². The molecule has 0 spiro atoms. The summed E-state index contributed by atoms with van der Waals surface area (Å²) in [6, 6.07) is 15.4. The second-order valence-corrected chi connectivity index (χ2v) is 6.95. The number of rotatable bonds is 7. The minimum absolute atomic E-state index is 0.0432. The Kier molecular flexibility index (Phi) is 6.81. The van der Waals surface area contributed by atoms with E-state index in [1.807, 2.05) is 18.2 Å². The summed E-state index contributed by atoms with van der Waals surface area (Å²) in [5.74, 6) is 1.32. The first-order chi connectivity index (χ1) is 11.1. The van der Waals surface area contributed by atoms with Gasteiger partial charge >= 0.3 is 0 Å². The van der Waals surface area contributed by atoms with Crippen molar-refractivity contribution in [3.05, 3.63) is 59.1 Å². The van der Waals surface area contributed by atoms with Crippen LogP contribution < -0.4 is 10.1 Å². The van der Waals surface area contributed by atoms with Gasteiger partial charge in [0.05, 0.1) is 12.8 Å². The van der Waals surface area contributed by atoms with Crippen molar-refractivity contribution in [2.75, 3.05) is 18.2 Å². The summed E-state index contributed by atoms with van der Waals surface area (Å²) < 4.78 is 5.22. The van der Waals surface area contributed by atoms with E-state index in [2.05, 4.69) is 24.4 Å². The largest absolute Gasteiger partial charge is 0.495 e. The molecule has 1 atom stereocenters. The fourth-order valence-electron chi connectivity index (χ4n) is 2.14. The van der Waals surface area contributed by atoms with Crippen LogP contribution in [0.25, 0.3) is 0 Å². The monoisotopic (exact) mass is 349 g/mol. The molecule has 3 nitrogen and oxygen atoms in total. The minimum Gasteiger partial charge on any atom is -0.495 e. The van der Waals surface area contributed by atoms with Gasteiger partial charge in [-0.3, -0.25) is 4.79 Å². The summed E-state index contributed by atoms with van der Waals surface area (Å²) in [6.07, 6.45) is 0.442. The molecule has 2 rings (SSSR count). The van der Waals surface area contributed by atoms with Gasteiger partial charge in [0, 0.05) is 22.4 Å². The molecule has 1 N–H and O–H groups in total. The Labute approximate surface area is 146 Å². The van der Waals surface area contributed by atoms with Gasteiger partial charge in [-0.05, 0) is 30.7 Å². The van der Waals surface area contributed by atoms with Gasteiger partial charge in [0.1, 0.15) is 5.75 Å². The third-order valence-corrected chi connectivity index (χ3v) is 4.85. The van der Waals surface area contributed by atoms with E-state index >= 15 is 0 Å². The molecule has 122 valence electrons. The van der Waals surface area contributed by atoms with Crippen LogP contribution in [0.5, 0.6) is 5.75 Å². The highest BCUT2D eigenvalue weighted by atomic mass is 35.5. The first-order valence-corrected chi connectivity index (χ1v) is 8.82. The Hall–Kier alpha value is -1.65. The van der Waals surface area contributed by atoms with Gasteiger partial charge in [-0.2, -0.15) is 11.8 Å². The summed E-state index contributed by atoms with van der Waals surface area (Å²) in [5.41, 5.74) is 1.88. The number of anilines is 1. The van der Waals surface area contributed by atoms with Crippen LogP contribution in [0.2, 0.25) is 5.02 Å². The van der Waals surface area contributed by atoms with E-state index < -0.39 is 0 Å². The molecule has 23 heavy (non-hydrogen) atoms. The van der Waals surface area contributed by atoms with Gasteiger partial charge in [0.15, 0.2) is 0 Å². The molecule has 0 fully saturated rings. The highest BCUT2D eigenvalue weighted by Gasteiger charge is 2.10. The summed E-state index contributed by atoms with van der Waals surface area (Å²) in [5, 5.41) is 3.78. The van der Waals surface area contributed by atoms with Crippen molar-refractivity contribution in [2.24, 2.45) is 0 Å². The Morgan fingerprint density at radius 1 is 1.26 bits per heavy atom. The number of nitrogens with one attached hydrogen (secondary N) is 1. The van der Waals surface area contributed by atoms with E-state index in [1.54, 1.807) is 37.1 Å². The number of ether oxygens (including phenoxy) is 1. The predicted octanol–water partition coefficient (Wildman–Crippen LogP) is 5.17. The third kappa shape index (κ3) is 5.48. The number of hydrogen-bond donors (Lipinski definition) is 1. The molecule has 2 aromatic rings. The first kappa shape index (κ1) is 17.7. The Morgan fingerprint density at radius 2 is 2.00 bits per heavy atom. The molecule has 1 unspecified atom stereocenters. The van der Waals surface area contributed by atoms with E-state index in [1.165, 1.54) is 5.56 Å². The van der Waals surface area contributed by atoms with Crippen LogP contribution in [0.4, 0.5) is 5.69 Å². The van der Waals surface area contributed by atoms with Gasteiger partial charge in [-0.1, -0.05) is 41.9 Å². The third-order valence-electron chi connectivity index (χ3n) is 3.40. The van der Waals surface area contributed by atoms with Gasteiger partial charge in [-0.25, -0.2) is 0 Å². The van der Waals surface area contributed by atoms with Crippen molar-refractivity contribution in [3.63, 3.8) is 0 Å². The van der Waals surface area contributed by atoms with Crippen LogP contribution in [0.15, 0.2) is 48.5 Å². The zero-order valence-electron chi connectivity index (χ0n) is 13.2. The van der Waals surface area contributed by atoms with Crippen LogP contribution in [0, 0.1) is 0 Å². The van der Waals surface area contributed by atoms with Crippen molar-refractivity contribution in [3.8, 4) is 5.75 Å². The molecule has 0 saturated carbocycles. The molecule has 5 heteroatoms. The lowest BCUT2D eigenvalue weighted by molar-refractivity contribution is -0.115. The first-order valence-electron chi connectivity index (χ1n) is 7.40. The number of carbonyl (C=O) groups is 1. The number of benzene rings is 2. The van der Waals surface area contributed by atoms with E-state index in [-0.39, 0.29) is 5.91 Å². The maximum Gasteiger partial charge on any atom is 0.225 e. The molecule has 0 aromatic heterocycles. The summed E-state index contributed by atoms with van der Waals surface area (Å²) in [7, 11) is 1.57. The topological polar surface area (TPSA) is 38.3 Å². The van der Waals surface area contributed by atoms with E-state index in [4.69, 9.17) is 16.3 Å². The molecule has 0 aliphatic carbocycles. The zero-order valence-corrected chi connectivity index (χ0v) is 14.8. The summed E-state index contributed by atoms with van der Waals surface area (Å²) in [6.45, 7) is 2.15. The quantitative estimate of drug-likeness (QED) is 0.749. The van der Waals surface area contributed by atoms with E-state index in [9.17, 15) is 4.79 Å². The standard InChI is InChI=1S/C18H20ClNO2S/c1-13(14-6-4-3-5-7-14)23-11-10-18(21)20-16-12-15(19)8-9-17(16)22-2/h3-9,12-13H,10-11H2,1-2H3,(H,20,21). The second-order valence-electron chi connectivity index (χ2n) is 5.07. The highest BCUT2D eigenvalue weighted by Crippen LogP contribution is 2.30. The molecule has 2 aromatic carbocycles. The molecule has 0 bridgehead atoms. The molecule has 0 heterocycles. The van der Waals surface area contributed by atoms with Crippen LogP contribution in [0.1, 0.15) is 24.2 Å². The fourth-order valence-corrected chi connectivity index (χ4v) is 3.32. The molecule has 0 saturated heterocycles. The number of carbonyl (C=O) groups excluding carboxylic acids is 1. The Balaban J connectivity index is 1.83. The van der Waals surface area contributed by atoms with Crippen molar-refractivity contribution in [2.45, 2.75) is 18.6 Å².